The summed E-state index contributed by atoms with van der Waals surface area (Å²) in [5.41, 5.74) is 0.762. The SMILES string of the molecule is C=C[C@H]1[C@H](O[C@@H]2O[C@H](CO)[C@@H](O)[C@H](O)[C@H]2O)OC=C(C(=O)OC)[C@H]1/C=c1/c2c(c(O)c(=O)n1C)-c1ccccc1N=2. The number of rotatable bonds is 6. The second-order valence-corrected chi connectivity index (χ2v) is 9.86. The van der Waals surface area contributed by atoms with E-state index in [1.165, 1.54) is 24.8 Å². The number of esters is 1. The monoisotopic (exact) mass is 570 g/mol. The first-order valence-electron chi connectivity index (χ1n) is 12.8. The zero-order valence-electron chi connectivity index (χ0n) is 22.2. The third kappa shape index (κ3) is 4.76. The molecule has 0 spiro atoms. The van der Waals surface area contributed by atoms with E-state index >= 15 is 0 Å². The third-order valence-electron chi connectivity index (χ3n) is 7.56. The van der Waals surface area contributed by atoms with Gasteiger partial charge in [-0.05, 0) is 12.1 Å². The average Bonchev–Trinajstić information content (AvgIpc) is 3.37. The molecule has 13 nitrogen and oxygen atoms in total. The lowest BCUT2D eigenvalue weighted by Gasteiger charge is -2.42. The normalized spacial score (nSPS) is 30.9. The summed E-state index contributed by atoms with van der Waals surface area (Å²) in [5, 5.41) is 51.6. The minimum absolute atomic E-state index is 0.0517. The fraction of sp³-hybridized carbons (Fsp3) is 0.393. The van der Waals surface area contributed by atoms with E-state index in [1.54, 1.807) is 30.3 Å². The molecular weight excluding hydrogens is 540 g/mol. The molecule has 1 aromatic carbocycles. The van der Waals surface area contributed by atoms with E-state index < -0.39 is 72.7 Å². The van der Waals surface area contributed by atoms with Crippen molar-refractivity contribution in [3.8, 4) is 16.9 Å². The minimum atomic E-state index is -1.70. The molecule has 13 heteroatoms. The predicted octanol–water partition coefficient (Wildman–Crippen LogP) is -1.55. The number of aliphatic hydroxyl groups is 4. The van der Waals surface area contributed by atoms with Gasteiger partial charge in [0.2, 0.25) is 6.29 Å². The number of fused-ring (bicyclic) bond motifs is 3. The molecule has 0 radical (unpaired) electrons. The Morgan fingerprint density at radius 3 is 2.59 bits per heavy atom. The van der Waals surface area contributed by atoms with Crippen LogP contribution in [0.4, 0.5) is 5.69 Å². The molecule has 0 bridgehead atoms. The summed E-state index contributed by atoms with van der Waals surface area (Å²) in [6.45, 7) is 3.19. The number of pyridine rings is 1. The van der Waals surface area contributed by atoms with Crippen LogP contribution in [-0.4, -0.2) is 86.8 Å². The number of nitrogens with zero attached hydrogens (tertiary/aromatic N) is 2. The lowest BCUT2D eigenvalue weighted by molar-refractivity contribution is -0.338. The molecule has 4 heterocycles. The van der Waals surface area contributed by atoms with E-state index in [-0.39, 0.29) is 11.1 Å². The summed E-state index contributed by atoms with van der Waals surface area (Å²) >= 11 is 0. The van der Waals surface area contributed by atoms with Crippen molar-refractivity contribution in [2.75, 3.05) is 13.7 Å². The molecule has 5 N–H and O–H groups in total. The van der Waals surface area contributed by atoms with Crippen molar-refractivity contribution in [1.82, 2.24) is 4.57 Å². The van der Waals surface area contributed by atoms with Crippen molar-refractivity contribution < 1.29 is 49.3 Å². The van der Waals surface area contributed by atoms with E-state index in [2.05, 4.69) is 11.6 Å². The van der Waals surface area contributed by atoms with Gasteiger partial charge in [0, 0.05) is 18.5 Å². The summed E-state index contributed by atoms with van der Waals surface area (Å²) in [6.07, 6.45) is -4.82. The highest BCUT2D eigenvalue weighted by Gasteiger charge is 2.47. The summed E-state index contributed by atoms with van der Waals surface area (Å²) in [6, 6.07) is 7.01. The van der Waals surface area contributed by atoms with Crippen molar-refractivity contribution in [3.05, 3.63) is 69.8 Å². The Labute approximate surface area is 233 Å². The Morgan fingerprint density at radius 2 is 1.90 bits per heavy atom. The molecule has 0 unspecified atom stereocenters. The number of hydrogen-bond acceptors (Lipinski definition) is 12. The molecule has 0 amide bonds. The molecule has 3 aliphatic rings. The van der Waals surface area contributed by atoms with Crippen LogP contribution in [0, 0.1) is 11.8 Å². The van der Waals surface area contributed by atoms with E-state index in [1.807, 2.05) is 0 Å². The fourth-order valence-electron chi connectivity index (χ4n) is 5.29. The summed E-state index contributed by atoms with van der Waals surface area (Å²) in [4.78, 5) is 30.5. The number of ether oxygens (including phenoxy) is 4. The first-order valence-corrected chi connectivity index (χ1v) is 12.8. The van der Waals surface area contributed by atoms with Gasteiger partial charge >= 0.3 is 5.97 Å². The minimum Gasteiger partial charge on any atom is -0.503 e. The third-order valence-corrected chi connectivity index (χ3v) is 7.56. The smallest absolute Gasteiger partial charge is 0.337 e. The molecule has 218 valence electrons. The van der Waals surface area contributed by atoms with Crippen LogP contribution in [0.3, 0.4) is 0 Å². The molecule has 1 aromatic heterocycles. The first kappa shape index (κ1) is 28.7. The maximum absolute atomic E-state index is 13.1. The van der Waals surface area contributed by atoms with E-state index in [4.69, 9.17) is 18.9 Å². The molecule has 2 aromatic rings. The molecular formula is C28H30N2O11. The van der Waals surface area contributed by atoms with Gasteiger partial charge in [0.15, 0.2) is 12.0 Å². The van der Waals surface area contributed by atoms with Gasteiger partial charge in [0.05, 0.1) is 53.4 Å². The number of carbonyl (C=O) groups is 1. The van der Waals surface area contributed by atoms with Gasteiger partial charge in [-0.3, -0.25) is 4.79 Å². The molecule has 8 atom stereocenters. The van der Waals surface area contributed by atoms with Crippen LogP contribution in [0.1, 0.15) is 0 Å². The van der Waals surface area contributed by atoms with Crippen LogP contribution in [0.15, 0.2) is 58.5 Å². The summed E-state index contributed by atoms with van der Waals surface area (Å²) in [5.74, 6) is -2.94. The standard InChI is InChI=1S/C28H30N2O11/c1-4-12-14(9-17-20-19(22(33)25(36)30(17)2)13-7-5-6-8-16(13)29-20)15(26(37)38-3)11-39-27(12)41-28-24(35)23(34)21(32)18(10-31)40-28/h4-9,11-12,14,18,21,23-24,27-28,31-35H,1,10H2,2-3H3/b17-9-/t12-,14+,18-,21-,23+,24-,27+,28+/m1/s1. The molecule has 0 aliphatic carbocycles. The van der Waals surface area contributed by atoms with Crippen molar-refractivity contribution in [2.24, 2.45) is 23.9 Å². The Hall–Kier alpha value is -3.85. The second-order valence-electron chi connectivity index (χ2n) is 9.86. The molecule has 5 rings (SSSR count). The number of para-hydroxylation sites is 1. The molecule has 1 saturated heterocycles. The van der Waals surface area contributed by atoms with Gasteiger partial charge in [-0.2, -0.15) is 0 Å². The number of methoxy groups -OCH3 is 1. The number of aromatic nitrogens is 1. The predicted molar refractivity (Wildman–Crippen MR) is 141 cm³/mol. The summed E-state index contributed by atoms with van der Waals surface area (Å²) < 4.78 is 23.2. The first-order chi connectivity index (χ1) is 19.6. The Balaban J connectivity index is 1.62. The highest BCUT2D eigenvalue weighted by molar-refractivity contribution is 5.90. The lowest BCUT2D eigenvalue weighted by Crippen LogP contribution is -2.60. The van der Waals surface area contributed by atoms with Crippen LogP contribution >= 0.6 is 0 Å². The van der Waals surface area contributed by atoms with E-state index in [9.17, 15) is 35.1 Å². The Kier molecular flexibility index (Phi) is 7.83. The number of benzene rings is 1. The lowest BCUT2D eigenvalue weighted by atomic mass is 9.83. The maximum Gasteiger partial charge on any atom is 0.337 e. The Bertz CT molecular complexity index is 1580. The van der Waals surface area contributed by atoms with E-state index in [0.29, 0.717) is 22.0 Å². The molecule has 3 aliphatic heterocycles. The zero-order chi connectivity index (χ0) is 29.6. The highest BCUT2D eigenvalue weighted by Crippen LogP contribution is 2.37. The van der Waals surface area contributed by atoms with Gasteiger partial charge in [-0.25, -0.2) is 9.79 Å². The van der Waals surface area contributed by atoms with Crippen LogP contribution in [0.2, 0.25) is 0 Å². The number of hydrogen-bond donors (Lipinski definition) is 5. The number of carbonyl (C=O) groups excluding carboxylic acids is 1. The van der Waals surface area contributed by atoms with Crippen LogP contribution in [0.25, 0.3) is 17.2 Å². The fourth-order valence-corrected chi connectivity index (χ4v) is 5.29. The second kappa shape index (κ2) is 11.2. The molecule has 41 heavy (non-hydrogen) atoms. The van der Waals surface area contributed by atoms with Crippen molar-refractivity contribution in [3.63, 3.8) is 0 Å². The largest absolute Gasteiger partial charge is 0.503 e. The van der Waals surface area contributed by atoms with Gasteiger partial charge in [0.1, 0.15) is 24.4 Å². The molecule has 1 fully saturated rings. The summed E-state index contributed by atoms with van der Waals surface area (Å²) in [7, 11) is 2.65. The van der Waals surface area contributed by atoms with Crippen molar-refractivity contribution in [2.45, 2.75) is 37.0 Å². The van der Waals surface area contributed by atoms with Crippen LogP contribution in [0.5, 0.6) is 5.75 Å². The van der Waals surface area contributed by atoms with Gasteiger partial charge < -0.3 is 49.0 Å². The Morgan fingerprint density at radius 1 is 1.17 bits per heavy atom. The van der Waals surface area contributed by atoms with Gasteiger partial charge in [-0.1, -0.05) is 24.3 Å². The van der Waals surface area contributed by atoms with Gasteiger partial charge in [-0.15, -0.1) is 6.58 Å². The van der Waals surface area contributed by atoms with Gasteiger partial charge in [0.25, 0.3) is 5.56 Å². The highest BCUT2D eigenvalue weighted by atomic mass is 16.8. The molecule has 0 saturated carbocycles. The average molecular weight is 571 g/mol. The van der Waals surface area contributed by atoms with Crippen molar-refractivity contribution >= 4 is 17.7 Å². The topological polar surface area (TPSA) is 190 Å². The van der Waals surface area contributed by atoms with Crippen molar-refractivity contribution in [1.29, 1.82) is 0 Å². The van der Waals surface area contributed by atoms with E-state index in [0.717, 1.165) is 6.26 Å². The maximum atomic E-state index is 13.1. The van der Waals surface area contributed by atoms with Crippen LogP contribution < -0.4 is 16.3 Å². The number of aromatic hydroxyl groups is 1. The number of aliphatic hydroxyl groups excluding tert-OH is 4. The van der Waals surface area contributed by atoms with Crippen LogP contribution in [-0.2, 0) is 30.8 Å². The zero-order valence-corrected chi connectivity index (χ0v) is 22.2. The quantitative estimate of drug-likeness (QED) is 0.170.